The molecule has 0 fully saturated rings. The first-order chi connectivity index (χ1) is 23.9. The van der Waals surface area contributed by atoms with E-state index in [4.69, 9.17) is 21.8 Å². The molecule has 3 aromatic heterocycles. The van der Waals surface area contributed by atoms with Gasteiger partial charge in [-0.1, -0.05) is 115 Å². The van der Waals surface area contributed by atoms with Crippen LogP contribution in [0.15, 0.2) is 152 Å². The number of benzene rings is 6. The molecule has 0 amide bonds. The van der Waals surface area contributed by atoms with Gasteiger partial charge in [-0.2, -0.15) is 9.97 Å². The SMILES string of the molecule is [2H]c1c([2H])c([2H])c(-c2nc(-c3ccccc3-n3c4ccccc4c4ccccc43)nc(-n3c4ccccc4c4ccccc43)n2)c([2H])c1[2H]. The van der Waals surface area contributed by atoms with E-state index in [9.17, 15) is 0 Å². The smallest absolute Gasteiger partial charge is 0.238 e. The van der Waals surface area contributed by atoms with Crippen LogP contribution in [0, 0.1) is 0 Å². The summed E-state index contributed by atoms with van der Waals surface area (Å²) in [5.41, 5.74) is 5.17. The van der Waals surface area contributed by atoms with Gasteiger partial charge in [0.15, 0.2) is 11.6 Å². The van der Waals surface area contributed by atoms with E-state index < -0.39 is 18.1 Å². The Hall–Kier alpha value is -6.07. The van der Waals surface area contributed by atoms with E-state index in [0.717, 1.165) is 49.3 Å². The summed E-state index contributed by atoms with van der Waals surface area (Å²) in [6.45, 7) is 0. The first-order valence-electron chi connectivity index (χ1n) is 16.8. The molecule has 6 aromatic carbocycles. The average Bonchev–Trinajstić information content (AvgIpc) is 3.66. The lowest BCUT2D eigenvalue weighted by molar-refractivity contribution is 0.951. The molecule has 44 heavy (non-hydrogen) atoms. The maximum Gasteiger partial charge on any atom is 0.238 e. The first-order valence-corrected chi connectivity index (χ1v) is 14.3. The predicted octanol–water partition coefficient (Wildman–Crippen LogP) is 9.40. The minimum Gasteiger partial charge on any atom is -0.309 e. The first kappa shape index (κ1) is 19.9. The van der Waals surface area contributed by atoms with E-state index in [1.165, 1.54) is 0 Å². The maximum absolute atomic E-state index is 8.81. The standard InChI is InChI=1S/C39H25N5/c1-2-14-26(15-3-1)37-40-38(42-39(41-37)44-34-23-11-6-18-29(34)30-19-7-12-24-35(30)44)31-20-8-13-25-36(31)43-32-21-9-4-16-27(32)28-17-5-10-22-33(28)43/h1-25H/i1D,2D,3D,14D,15D. The quantitative estimate of drug-likeness (QED) is 0.212. The third-order valence-electron chi connectivity index (χ3n) is 8.09. The number of hydrogen-bond acceptors (Lipinski definition) is 3. The molecule has 0 saturated heterocycles. The van der Waals surface area contributed by atoms with Crippen LogP contribution in [0.25, 0.3) is 78.0 Å². The number of para-hydroxylation sites is 5. The molecule has 3 heterocycles. The molecule has 5 heteroatoms. The van der Waals surface area contributed by atoms with Crippen LogP contribution in [0.2, 0.25) is 0 Å². The van der Waals surface area contributed by atoms with Gasteiger partial charge in [-0.3, -0.25) is 4.57 Å². The van der Waals surface area contributed by atoms with Crippen molar-refractivity contribution in [2.45, 2.75) is 0 Å². The summed E-state index contributed by atoms with van der Waals surface area (Å²) >= 11 is 0. The Morgan fingerprint density at radius 2 is 0.886 bits per heavy atom. The summed E-state index contributed by atoms with van der Waals surface area (Å²) in [6.07, 6.45) is 0. The molecule has 0 aliphatic heterocycles. The Bertz CT molecular complexity index is 2670. The zero-order valence-electron chi connectivity index (χ0n) is 28.3. The van der Waals surface area contributed by atoms with Gasteiger partial charge in [0.1, 0.15) is 0 Å². The van der Waals surface area contributed by atoms with E-state index in [0.29, 0.717) is 11.4 Å². The van der Waals surface area contributed by atoms with Gasteiger partial charge in [0.05, 0.1) is 34.6 Å². The summed E-state index contributed by atoms with van der Waals surface area (Å²) < 4.78 is 46.8. The summed E-state index contributed by atoms with van der Waals surface area (Å²) in [4.78, 5) is 14.9. The second kappa shape index (κ2) is 9.75. The highest BCUT2D eigenvalue weighted by molar-refractivity contribution is 6.10. The highest BCUT2D eigenvalue weighted by Gasteiger charge is 2.20. The number of aromatic nitrogens is 5. The van der Waals surface area contributed by atoms with E-state index in [-0.39, 0.29) is 29.4 Å². The molecular weight excluding hydrogens is 538 g/mol. The molecule has 0 aliphatic rings. The third-order valence-corrected chi connectivity index (χ3v) is 8.09. The highest BCUT2D eigenvalue weighted by Crippen LogP contribution is 2.36. The van der Waals surface area contributed by atoms with Gasteiger partial charge in [0.25, 0.3) is 0 Å². The second-order valence-electron chi connectivity index (χ2n) is 10.5. The van der Waals surface area contributed by atoms with Gasteiger partial charge in [-0.05, 0) is 36.4 Å². The van der Waals surface area contributed by atoms with Gasteiger partial charge in [-0.15, -0.1) is 0 Å². The summed E-state index contributed by atoms with van der Waals surface area (Å²) in [5, 5.41) is 4.23. The van der Waals surface area contributed by atoms with E-state index in [1.54, 1.807) is 0 Å². The van der Waals surface area contributed by atoms with Crippen molar-refractivity contribution < 1.29 is 6.85 Å². The predicted molar refractivity (Wildman–Crippen MR) is 179 cm³/mol. The van der Waals surface area contributed by atoms with Crippen molar-refractivity contribution in [3.05, 3.63) is 152 Å². The van der Waals surface area contributed by atoms with Gasteiger partial charge in [-0.25, -0.2) is 4.98 Å². The van der Waals surface area contributed by atoms with Crippen molar-refractivity contribution in [3.63, 3.8) is 0 Å². The molecule has 0 bridgehead atoms. The molecule has 206 valence electrons. The Morgan fingerprint density at radius 1 is 0.432 bits per heavy atom. The van der Waals surface area contributed by atoms with E-state index >= 15 is 0 Å². The molecule has 9 rings (SSSR count). The lowest BCUT2D eigenvalue weighted by Crippen LogP contribution is -2.07. The fraction of sp³-hybridized carbons (Fsp3) is 0. The molecule has 0 spiro atoms. The summed E-state index contributed by atoms with van der Waals surface area (Å²) in [6, 6.07) is 38.1. The average molecular weight is 569 g/mol. The van der Waals surface area contributed by atoms with Gasteiger partial charge >= 0.3 is 0 Å². The molecule has 9 aromatic rings. The number of rotatable bonds is 4. The second-order valence-corrected chi connectivity index (χ2v) is 10.5. The monoisotopic (exact) mass is 568 g/mol. The van der Waals surface area contributed by atoms with Crippen LogP contribution in [0.5, 0.6) is 0 Å². The fourth-order valence-electron chi connectivity index (χ4n) is 6.24. The van der Waals surface area contributed by atoms with Crippen molar-refractivity contribution in [2.75, 3.05) is 0 Å². The van der Waals surface area contributed by atoms with Crippen molar-refractivity contribution in [1.82, 2.24) is 24.1 Å². The molecular formula is C39H25N5. The largest absolute Gasteiger partial charge is 0.309 e. The molecule has 5 nitrogen and oxygen atoms in total. The zero-order valence-corrected chi connectivity index (χ0v) is 23.3. The molecule has 0 unspecified atom stereocenters. The molecule has 0 saturated carbocycles. The lowest BCUT2D eigenvalue weighted by Gasteiger charge is -2.15. The van der Waals surface area contributed by atoms with Gasteiger partial charge in [0, 0.05) is 32.7 Å². The van der Waals surface area contributed by atoms with Crippen molar-refractivity contribution >= 4 is 43.6 Å². The van der Waals surface area contributed by atoms with Gasteiger partial charge in [0.2, 0.25) is 5.95 Å². The normalized spacial score (nSPS) is 13.2. The van der Waals surface area contributed by atoms with Crippen molar-refractivity contribution in [2.24, 2.45) is 0 Å². The van der Waals surface area contributed by atoms with Crippen LogP contribution in [-0.4, -0.2) is 24.1 Å². The summed E-state index contributed by atoms with van der Waals surface area (Å²) in [5.74, 6) is 0.545. The number of nitrogens with zero attached hydrogens (tertiary/aromatic N) is 5. The van der Waals surface area contributed by atoms with Crippen LogP contribution in [-0.2, 0) is 0 Å². The molecule has 0 aliphatic carbocycles. The van der Waals surface area contributed by atoms with Crippen LogP contribution < -0.4 is 0 Å². The van der Waals surface area contributed by atoms with Crippen LogP contribution >= 0.6 is 0 Å². The fourth-order valence-corrected chi connectivity index (χ4v) is 6.24. The van der Waals surface area contributed by atoms with E-state index in [1.807, 2.05) is 102 Å². The Labute approximate surface area is 260 Å². The van der Waals surface area contributed by atoms with Gasteiger partial charge < -0.3 is 4.57 Å². The van der Waals surface area contributed by atoms with Crippen molar-refractivity contribution in [1.29, 1.82) is 0 Å². The summed E-state index contributed by atoms with van der Waals surface area (Å²) in [7, 11) is 0. The number of hydrogen-bond donors (Lipinski definition) is 0. The third kappa shape index (κ3) is 3.69. The van der Waals surface area contributed by atoms with Crippen LogP contribution in [0.1, 0.15) is 6.85 Å². The number of fused-ring (bicyclic) bond motifs is 6. The minimum absolute atomic E-state index is 0.0177. The molecule has 0 atom stereocenters. The maximum atomic E-state index is 8.81. The van der Waals surface area contributed by atoms with Crippen LogP contribution in [0.3, 0.4) is 0 Å². The topological polar surface area (TPSA) is 48.5 Å². The Kier molecular flexibility index (Phi) is 4.42. The lowest BCUT2D eigenvalue weighted by atomic mass is 10.1. The van der Waals surface area contributed by atoms with Crippen LogP contribution in [0.4, 0.5) is 0 Å². The molecule has 0 radical (unpaired) electrons. The van der Waals surface area contributed by atoms with E-state index in [2.05, 4.69) is 28.8 Å². The van der Waals surface area contributed by atoms with Crippen molar-refractivity contribution in [3.8, 4) is 34.4 Å². The highest BCUT2D eigenvalue weighted by atomic mass is 15.2. The molecule has 0 N–H and O–H groups in total. The minimum atomic E-state index is -0.479. The zero-order chi connectivity index (χ0) is 33.4. The Morgan fingerprint density at radius 3 is 1.45 bits per heavy atom. The Balaban J connectivity index is 1.40.